The average molecular weight is 282 g/mol. The number of hydrogen-bond donors (Lipinski definition) is 2. The largest absolute Gasteiger partial charge is 0.444 e. The number of oxazole rings is 1. The van der Waals surface area contributed by atoms with Crippen LogP contribution in [0.5, 0.6) is 0 Å². The molecule has 1 aliphatic carbocycles. The van der Waals surface area contributed by atoms with E-state index in [4.69, 9.17) is 9.15 Å². The Morgan fingerprint density at radius 1 is 1.45 bits per heavy atom. The smallest absolute Gasteiger partial charge is 0.211 e. The molecule has 0 spiro atoms. The van der Waals surface area contributed by atoms with Crippen LogP contribution in [0.1, 0.15) is 56.7 Å². The van der Waals surface area contributed by atoms with Crippen molar-refractivity contribution >= 4 is 0 Å². The van der Waals surface area contributed by atoms with Gasteiger partial charge in [-0.05, 0) is 26.7 Å². The van der Waals surface area contributed by atoms with E-state index in [9.17, 15) is 5.11 Å². The molecule has 1 aromatic heterocycles. The molecule has 20 heavy (non-hydrogen) atoms. The molecular formula is C15H26N2O3. The highest BCUT2D eigenvalue weighted by Gasteiger charge is 2.17. The molecule has 0 saturated heterocycles. The van der Waals surface area contributed by atoms with Crippen molar-refractivity contribution in [1.29, 1.82) is 0 Å². The number of aliphatic hydroxyl groups is 1. The molecule has 1 heterocycles. The molecule has 0 amide bonds. The summed E-state index contributed by atoms with van der Waals surface area (Å²) in [4.78, 5) is 4.17. The maximum atomic E-state index is 9.94. The maximum Gasteiger partial charge on any atom is 0.211 e. The minimum atomic E-state index is -0.490. The van der Waals surface area contributed by atoms with E-state index >= 15 is 0 Å². The first-order valence-corrected chi connectivity index (χ1v) is 7.60. The molecule has 0 aromatic carbocycles. The molecular weight excluding hydrogens is 256 g/mol. The summed E-state index contributed by atoms with van der Waals surface area (Å²) in [7, 11) is 0. The monoisotopic (exact) mass is 282 g/mol. The zero-order valence-corrected chi connectivity index (χ0v) is 12.5. The predicted octanol–water partition coefficient (Wildman–Crippen LogP) is 2.34. The Hall–Kier alpha value is -0.910. The Morgan fingerprint density at radius 3 is 2.85 bits per heavy atom. The first kappa shape index (κ1) is 15.5. The van der Waals surface area contributed by atoms with E-state index in [2.05, 4.69) is 10.3 Å². The van der Waals surface area contributed by atoms with Gasteiger partial charge in [-0.15, -0.1) is 0 Å². The molecule has 0 bridgehead atoms. The van der Waals surface area contributed by atoms with Crippen molar-refractivity contribution in [2.45, 2.75) is 64.2 Å². The van der Waals surface area contributed by atoms with Gasteiger partial charge in [0.05, 0.1) is 31.1 Å². The van der Waals surface area contributed by atoms with Crippen LogP contribution in [-0.4, -0.2) is 35.5 Å². The van der Waals surface area contributed by atoms with Gasteiger partial charge in [0, 0.05) is 6.54 Å². The third kappa shape index (κ3) is 4.89. The highest BCUT2D eigenvalue weighted by molar-refractivity contribution is 4.95. The number of rotatable bonds is 7. The second-order valence-electron chi connectivity index (χ2n) is 5.69. The van der Waals surface area contributed by atoms with Gasteiger partial charge in [0.25, 0.3) is 0 Å². The first-order valence-electron chi connectivity index (χ1n) is 7.60. The molecule has 114 valence electrons. The maximum absolute atomic E-state index is 9.94. The molecule has 2 N–H and O–H groups in total. The van der Waals surface area contributed by atoms with Crippen molar-refractivity contribution in [3.05, 3.63) is 17.8 Å². The van der Waals surface area contributed by atoms with Crippen molar-refractivity contribution < 1.29 is 14.3 Å². The van der Waals surface area contributed by atoms with Crippen molar-refractivity contribution in [3.8, 4) is 0 Å². The van der Waals surface area contributed by atoms with Gasteiger partial charge in [-0.25, -0.2) is 4.98 Å². The van der Waals surface area contributed by atoms with Crippen molar-refractivity contribution in [2.75, 3.05) is 13.2 Å². The number of aliphatic hydroxyl groups excluding tert-OH is 1. The Morgan fingerprint density at radius 2 is 2.20 bits per heavy atom. The summed E-state index contributed by atoms with van der Waals surface area (Å²) in [5, 5.41) is 13.2. The third-order valence-corrected chi connectivity index (χ3v) is 3.75. The third-order valence-electron chi connectivity index (χ3n) is 3.75. The lowest BCUT2D eigenvalue weighted by Gasteiger charge is -2.23. The van der Waals surface area contributed by atoms with Crippen molar-refractivity contribution in [2.24, 2.45) is 0 Å². The number of ether oxygens (including phenoxy) is 1. The molecule has 0 aliphatic heterocycles. The van der Waals surface area contributed by atoms with Crippen LogP contribution in [0.3, 0.4) is 0 Å². The quantitative estimate of drug-likeness (QED) is 0.803. The van der Waals surface area contributed by atoms with Crippen LogP contribution in [0.2, 0.25) is 0 Å². The van der Waals surface area contributed by atoms with Crippen LogP contribution in [-0.2, 0) is 4.74 Å². The lowest BCUT2D eigenvalue weighted by atomic mass is 9.98. The van der Waals surface area contributed by atoms with Crippen molar-refractivity contribution in [1.82, 2.24) is 10.3 Å². The van der Waals surface area contributed by atoms with Crippen molar-refractivity contribution in [3.63, 3.8) is 0 Å². The fourth-order valence-electron chi connectivity index (χ4n) is 2.51. The van der Waals surface area contributed by atoms with Gasteiger partial charge in [-0.3, -0.25) is 0 Å². The minimum absolute atomic E-state index is 0.00645. The molecule has 0 radical (unpaired) electrons. The fourth-order valence-corrected chi connectivity index (χ4v) is 2.51. The van der Waals surface area contributed by atoms with Gasteiger partial charge in [0.1, 0.15) is 5.76 Å². The van der Waals surface area contributed by atoms with Crippen LogP contribution in [0.4, 0.5) is 0 Å². The highest BCUT2D eigenvalue weighted by Crippen LogP contribution is 2.20. The van der Waals surface area contributed by atoms with Gasteiger partial charge in [-0.1, -0.05) is 19.3 Å². The van der Waals surface area contributed by atoms with E-state index in [0.717, 1.165) is 18.6 Å². The summed E-state index contributed by atoms with van der Waals surface area (Å²) in [6.07, 6.45) is 7.63. The number of nitrogens with one attached hydrogen (secondary N) is 1. The summed E-state index contributed by atoms with van der Waals surface area (Å²) in [6.45, 7) is 4.72. The lowest BCUT2D eigenvalue weighted by molar-refractivity contribution is -0.0236. The topological polar surface area (TPSA) is 67.5 Å². The zero-order valence-electron chi connectivity index (χ0n) is 12.5. The van der Waals surface area contributed by atoms with Gasteiger partial charge < -0.3 is 19.6 Å². The molecule has 1 aliphatic rings. The molecule has 1 aromatic rings. The number of hydrogen-bond acceptors (Lipinski definition) is 5. The Labute approximate surface area is 120 Å². The predicted molar refractivity (Wildman–Crippen MR) is 76.5 cm³/mol. The zero-order chi connectivity index (χ0) is 14.4. The second-order valence-corrected chi connectivity index (χ2v) is 5.69. The van der Waals surface area contributed by atoms with Crippen LogP contribution in [0.25, 0.3) is 0 Å². The minimum Gasteiger partial charge on any atom is -0.444 e. The van der Waals surface area contributed by atoms with Crippen LogP contribution in [0, 0.1) is 6.92 Å². The molecule has 2 rings (SSSR count). The Kier molecular flexibility index (Phi) is 6.01. The normalized spacial score (nSPS) is 19.9. The van der Waals surface area contributed by atoms with Gasteiger partial charge in [0.15, 0.2) is 0 Å². The molecule has 5 heteroatoms. The van der Waals surface area contributed by atoms with Gasteiger partial charge in [-0.2, -0.15) is 0 Å². The van der Waals surface area contributed by atoms with Crippen LogP contribution >= 0.6 is 0 Å². The van der Waals surface area contributed by atoms with E-state index < -0.39 is 6.10 Å². The summed E-state index contributed by atoms with van der Waals surface area (Å²) in [5.74, 6) is 1.46. The number of nitrogens with zero attached hydrogens (tertiary/aromatic N) is 1. The standard InChI is InChI=1S/C15H26N2O3/c1-11-8-17-15(20-11)12(2)16-9-13(18)10-19-14-6-4-3-5-7-14/h8,12-14,16,18H,3-7,9-10H2,1-2H3. The SMILES string of the molecule is Cc1cnc(C(C)NCC(O)COC2CCCCC2)o1. The van der Waals surface area contributed by atoms with Crippen LogP contribution < -0.4 is 5.32 Å². The molecule has 2 atom stereocenters. The lowest BCUT2D eigenvalue weighted by Crippen LogP contribution is -2.33. The van der Waals surface area contributed by atoms with Gasteiger partial charge in [0.2, 0.25) is 5.89 Å². The summed E-state index contributed by atoms with van der Waals surface area (Å²) in [5.41, 5.74) is 0. The molecule has 1 saturated carbocycles. The fraction of sp³-hybridized carbons (Fsp3) is 0.800. The van der Waals surface area contributed by atoms with Crippen LogP contribution in [0.15, 0.2) is 10.6 Å². The highest BCUT2D eigenvalue weighted by atomic mass is 16.5. The second kappa shape index (κ2) is 7.76. The first-order chi connectivity index (χ1) is 9.65. The summed E-state index contributed by atoms with van der Waals surface area (Å²) >= 11 is 0. The Bertz CT molecular complexity index is 388. The van der Waals surface area contributed by atoms with E-state index in [1.807, 2.05) is 13.8 Å². The average Bonchev–Trinajstić information content (AvgIpc) is 2.90. The summed E-state index contributed by atoms with van der Waals surface area (Å²) < 4.78 is 11.2. The molecule has 1 fully saturated rings. The van der Waals surface area contributed by atoms with Gasteiger partial charge >= 0.3 is 0 Å². The van der Waals surface area contributed by atoms with E-state index in [-0.39, 0.29) is 6.04 Å². The van der Waals surface area contributed by atoms with E-state index in [0.29, 0.717) is 25.1 Å². The van der Waals surface area contributed by atoms with E-state index in [1.165, 1.54) is 19.3 Å². The number of aryl methyl sites for hydroxylation is 1. The van der Waals surface area contributed by atoms with E-state index in [1.54, 1.807) is 6.20 Å². The molecule has 5 nitrogen and oxygen atoms in total. The number of aromatic nitrogens is 1. The Balaban J connectivity index is 1.62. The molecule has 2 unspecified atom stereocenters. The summed E-state index contributed by atoms with van der Waals surface area (Å²) in [6, 6.07) is -0.00645.